The highest BCUT2D eigenvalue weighted by Gasteiger charge is 2.43. The van der Waals surface area contributed by atoms with Gasteiger partial charge in [0, 0.05) is 24.6 Å². The average molecular weight is 504 g/mol. The second-order valence-electron chi connectivity index (χ2n) is 10.2. The largest absolute Gasteiger partial charge is 0.382 e. The molecule has 4 aromatic carbocycles. The Balaban J connectivity index is 0.993. The summed E-state index contributed by atoms with van der Waals surface area (Å²) >= 11 is 0. The van der Waals surface area contributed by atoms with Gasteiger partial charge in [-0.05, 0) is 58.4 Å². The van der Waals surface area contributed by atoms with Crippen LogP contribution in [0.15, 0.2) is 116 Å². The van der Waals surface area contributed by atoms with Crippen LogP contribution in [0.25, 0.3) is 27.8 Å². The Kier molecular flexibility index (Phi) is 7.10. The Labute approximate surface area is 224 Å². The van der Waals surface area contributed by atoms with E-state index < -0.39 is 5.79 Å². The zero-order valence-corrected chi connectivity index (χ0v) is 21.5. The fraction of sp³-hybridized carbons (Fsp3) is 0.235. The molecule has 1 N–H and O–H groups in total. The van der Waals surface area contributed by atoms with Crippen molar-refractivity contribution in [2.75, 3.05) is 11.9 Å². The van der Waals surface area contributed by atoms with Crippen LogP contribution in [-0.2, 0) is 14.5 Å². The topological polar surface area (TPSA) is 39.7 Å². The van der Waals surface area contributed by atoms with Gasteiger partial charge in [0.2, 0.25) is 5.79 Å². The van der Waals surface area contributed by atoms with Crippen LogP contribution in [-0.4, -0.2) is 24.5 Å². The normalized spacial score (nSPS) is 23.2. The molecule has 4 aromatic rings. The summed E-state index contributed by atoms with van der Waals surface area (Å²) < 4.78 is 6.28. The van der Waals surface area contributed by atoms with Gasteiger partial charge in [-0.2, -0.15) is 0 Å². The van der Waals surface area contributed by atoms with Crippen LogP contribution >= 0.6 is 0 Å². The van der Waals surface area contributed by atoms with E-state index in [-0.39, 0.29) is 6.10 Å². The van der Waals surface area contributed by atoms with E-state index in [0.717, 1.165) is 42.5 Å². The van der Waals surface area contributed by atoms with E-state index in [4.69, 9.17) is 14.5 Å². The third-order valence-corrected chi connectivity index (χ3v) is 7.68. The molecule has 1 aliphatic carbocycles. The van der Waals surface area contributed by atoms with Crippen LogP contribution in [0, 0.1) is 0 Å². The van der Waals surface area contributed by atoms with Gasteiger partial charge in [-0.3, -0.25) is 0 Å². The minimum Gasteiger partial charge on any atom is -0.382 e. The molecule has 1 atom stereocenters. The van der Waals surface area contributed by atoms with Crippen molar-refractivity contribution < 1.29 is 14.5 Å². The predicted octanol–water partition coefficient (Wildman–Crippen LogP) is 8.13. The molecule has 1 heterocycles. The van der Waals surface area contributed by atoms with Crippen LogP contribution < -0.4 is 5.32 Å². The molecule has 1 aliphatic heterocycles. The van der Waals surface area contributed by atoms with Crippen LogP contribution in [0.4, 0.5) is 5.69 Å². The number of benzene rings is 4. The van der Waals surface area contributed by atoms with Crippen LogP contribution in [0.1, 0.15) is 31.2 Å². The van der Waals surface area contributed by atoms with Crippen molar-refractivity contribution in [3.63, 3.8) is 0 Å². The Hall–Kier alpha value is -3.70. The molecular weight excluding hydrogens is 470 g/mol. The first-order chi connectivity index (χ1) is 18.7. The minimum absolute atomic E-state index is 0.317. The highest BCUT2D eigenvalue weighted by molar-refractivity contribution is 5.71. The average Bonchev–Trinajstić information content (AvgIpc) is 3.00. The minimum atomic E-state index is -0.663. The summed E-state index contributed by atoms with van der Waals surface area (Å²) in [6.07, 6.45) is 3.17. The fourth-order valence-corrected chi connectivity index (χ4v) is 5.33. The van der Waals surface area contributed by atoms with Crippen molar-refractivity contribution in [2.45, 2.75) is 43.6 Å². The van der Waals surface area contributed by atoms with Gasteiger partial charge in [0.1, 0.15) is 6.10 Å². The molecule has 6 rings (SSSR count). The van der Waals surface area contributed by atoms with Gasteiger partial charge in [0.25, 0.3) is 0 Å². The molecule has 0 bridgehead atoms. The first kappa shape index (κ1) is 24.6. The lowest BCUT2D eigenvalue weighted by Crippen LogP contribution is -2.49. The second-order valence-corrected chi connectivity index (χ2v) is 10.2. The molecule has 2 aliphatic rings. The molecule has 1 saturated carbocycles. The van der Waals surface area contributed by atoms with Gasteiger partial charge in [-0.15, -0.1) is 0 Å². The molecule has 1 saturated heterocycles. The molecule has 38 heavy (non-hydrogen) atoms. The summed E-state index contributed by atoms with van der Waals surface area (Å²) in [6.45, 7) is 4.72. The first-order valence-electron chi connectivity index (χ1n) is 13.4. The zero-order chi connectivity index (χ0) is 25.8. The maximum Gasteiger partial charge on any atom is 0.201 e. The lowest BCUT2D eigenvalue weighted by Gasteiger charge is -2.43. The van der Waals surface area contributed by atoms with Crippen molar-refractivity contribution >= 4 is 11.3 Å². The van der Waals surface area contributed by atoms with E-state index in [9.17, 15) is 0 Å². The van der Waals surface area contributed by atoms with Crippen molar-refractivity contribution in [1.82, 2.24) is 0 Å². The fourth-order valence-electron chi connectivity index (χ4n) is 5.33. The van der Waals surface area contributed by atoms with Crippen molar-refractivity contribution in [3.05, 3.63) is 121 Å². The molecule has 4 nitrogen and oxygen atoms in total. The van der Waals surface area contributed by atoms with Crippen LogP contribution in [0.5, 0.6) is 0 Å². The lowest BCUT2D eigenvalue weighted by molar-refractivity contribution is -0.483. The molecule has 1 unspecified atom stereocenters. The van der Waals surface area contributed by atoms with Gasteiger partial charge < -0.3 is 10.1 Å². The van der Waals surface area contributed by atoms with E-state index in [1.165, 1.54) is 22.3 Å². The summed E-state index contributed by atoms with van der Waals surface area (Å²) in [5.41, 5.74) is 7.87. The Bertz CT molecular complexity index is 1330. The highest BCUT2D eigenvalue weighted by Crippen LogP contribution is 2.39. The SMILES string of the molecule is C=C(c1ccc(-c2ccccc2)cc1)C1COC2(CCC(Nc3ccc(-c4ccccc4)cc3)CC2)OO1. The molecule has 0 amide bonds. The number of nitrogens with one attached hydrogen (secondary N) is 1. The Morgan fingerprint density at radius 2 is 1.21 bits per heavy atom. The number of hydrogen-bond acceptors (Lipinski definition) is 4. The smallest absolute Gasteiger partial charge is 0.201 e. The summed E-state index contributed by atoms with van der Waals surface area (Å²) in [4.78, 5) is 11.8. The van der Waals surface area contributed by atoms with Crippen LogP contribution in [0.2, 0.25) is 0 Å². The summed E-state index contributed by atoms with van der Waals surface area (Å²) in [7, 11) is 0. The molecule has 4 heteroatoms. The van der Waals surface area contributed by atoms with E-state index in [1.807, 2.05) is 12.1 Å². The first-order valence-corrected chi connectivity index (χ1v) is 13.4. The standard InChI is InChI=1S/C34H33NO3/c1-25(26-12-14-29(15-13-26)27-8-4-2-5-9-27)33-24-36-34(38-37-33)22-20-32(21-23-34)35-31-18-16-30(17-19-31)28-10-6-3-7-11-28/h2-19,32-33,35H,1,20-24H2. The number of hydrogen-bond donors (Lipinski definition) is 1. The van der Waals surface area contributed by atoms with E-state index >= 15 is 0 Å². The lowest BCUT2D eigenvalue weighted by atomic mass is 9.89. The Morgan fingerprint density at radius 3 is 1.74 bits per heavy atom. The van der Waals surface area contributed by atoms with E-state index in [1.54, 1.807) is 0 Å². The van der Waals surface area contributed by atoms with Gasteiger partial charge in [0.15, 0.2) is 0 Å². The summed E-state index contributed by atoms with van der Waals surface area (Å²) in [5, 5.41) is 3.68. The van der Waals surface area contributed by atoms with Crippen molar-refractivity contribution in [3.8, 4) is 22.3 Å². The van der Waals surface area contributed by atoms with E-state index in [2.05, 4.69) is 109 Å². The monoisotopic (exact) mass is 503 g/mol. The quantitative estimate of drug-likeness (QED) is 0.270. The Morgan fingerprint density at radius 1 is 0.684 bits per heavy atom. The van der Waals surface area contributed by atoms with E-state index in [0.29, 0.717) is 12.6 Å². The number of ether oxygens (including phenoxy) is 1. The summed E-state index contributed by atoms with van der Waals surface area (Å²) in [5.74, 6) is -0.663. The molecular formula is C34H33NO3. The van der Waals surface area contributed by atoms with Gasteiger partial charge in [-0.25, -0.2) is 9.78 Å². The van der Waals surface area contributed by atoms with Crippen molar-refractivity contribution in [2.24, 2.45) is 0 Å². The highest BCUT2D eigenvalue weighted by atomic mass is 17.2. The third kappa shape index (κ3) is 5.44. The third-order valence-electron chi connectivity index (χ3n) is 7.68. The molecule has 0 radical (unpaired) electrons. The molecule has 2 fully saturated rings. The number of anilines is 1. The summed E-state index contributed by atoms with van der Waals surface area (Å²) in [6, 6.07) is 38.3. The maximum atomic E-state index is 6.28. The second kappa shape index (κ2) is 11.0. The van der Waals surface area contributed by atoms with Crippen molar-refractivity contribution in [1.29, 1.82) is 0 Å². The number of rotatable bonds is 6. The molecule has 1 spiro atoms. The van der Waals surface area contributed by atoms with Gasteiger partial charge in [0.05, 0.1) is 6.61 Å². The van der Waals surface area contributed by atoms with Crippen LogP contribution in [0.3, 0.4) is 0 Å². The molecule has 0 aromatic heterocycles. The predicted molar refractivity (Wildman–Crippen MR) is 153 cm³/mol. The zero-order valence-electron chi connectivity index (χ0n) is 21.5. The maximum absolute atomic E-state index is 6.28. The molecule has 192 valence electrons. The van der Waals surface area contributed by atoms with Gasteiger partial charge >= 0.3 is 0 Å². The van der Waals surface area contributed by atoms with Gasteiger partial charge in [-0.1, -0.05) is 104 Å².